The Kier molecular flexibility index (Phi) is 4.27. The highest BCUT2D eigenvalue weighted by molar-refractivity contribution is 14.1. The summed E-state index contributed by atoms with van der Waals surface area (Å²) in [5.41, 5.74) is 3.45. The normalized spacial score (nSPS) is 17.6. The molecule has 104 valence electrons. The standard InChI is InChI=1S/C17H17IO2/c18-14-7-4-12(5-8-14)11-20-15-9-6-13-2-1-3-17(19)16(13)10-15/h4-10,17,19H,1-3,11H2/t17-/m1/s1. The van der Waals surface area contributed by atoms with Gasteiger partial charge in [-0.15, -0.1) is 0 Å². The molecule has 0 spiro atoms. The van der Waals surface area contributed by atoms with Gasteiger partial charge >= 0.3 is 0 Å². The lowest BCUT2D eigenvalue weighted by atomic mass is 9.89. The number of hydrogen-bond donors (Lipinski definition) is 1. The first kappa shape index (κ1) is 13.9. The third-order valence-corrected chi connectivity index (χ3v) is 4.44. The molecule has 0 radical (unpaired) electrons. The van der Waals surface area contributed by atoms with E-state index >= 15 is 0 Å². The lowest BCUT2D eigenvalue weighted by Gasteiger charge is -2.22. The van der Waals surface area contributed by atoms with Crippen molar-refractivity contribution in [3.05, 3.63) is 62.7 Å². The maximum atomic E-state index is 10.0. The maximum Gasteiger partial charge on any atom is 0.120 e. The van der Waals surface area contributed by atoms with Crippen LogP contribution in [0.25, 0.3) is 0 Å². The molecule has 1 N–H and O–H groups in total. The Labute approximate surface area is 132 Å². The Morgan fingerprint density at radius 3 is 2.75 bits per heavy atom. The molecule has 0 fully saturated rings. The summed E-state index contributed by atoms with van der Waals surface area (Å²) in [6.07, 6.45) is 2.65. The first-order valence-corrected chi connectivity index (χ1v) is 7.98. The van der Waals surface area contributed by atoms with E-state index in [4.69, 9.17) is 4.74 Å². The first-order valence-electron chi connectivity index (χ1n) is 6.90. The van der Waals surface area contributed by atoms with Gasteiger partial charge < -0.3 is 9.84 Å². The molecule has 0 saturated heterocycles. The second kappa shape index (κ2) is 6.14. The van der Waals surface area contributed by atoms with E-state index in [1.807, 2.05) is 12.1 Å². The zero-order valence-electron chi connectivity index (χ0n) is 11.2. The monoisotopic (exact) mass is 380 g/mol. The van der Waals surface area contributed by atoms with E-state index in [-0.39, 0.29) is 6.10 Å². The number of aryl methyl sites for hydroxylation is 1. The van der Waals surface area contributed by atoms with Gasteiger partial charge in [-0.3, -0.25) is 0 Å². The summed E-state index contributed by atoms with van der Waals surface area (Å²) < 4.78 is 7.06. The molecule has 2 aromatic rings. The molecule has 3 rings (SSSR count). The molecule has 1 aliphatic rings. The van der Waals surface area contributed by atoms with Crippen molar-refractivity contribution in [3.63, 3.8) is 0 Å². The van der Waals surface area contributed by atoms with Crippen LogP contribution in [0.4, 0.5) is 0 Å². The van der Waals surface area contributed by atoms with Gasteiger partial charge in [0.1, 0.15) is 12.4 Å². The van der Waals surface area contributed by atoms with Crippen LogP contribution in [0.5, 0.6) is 5.75 Å². The van der Waals surface area contributed by atoms with Crippen molar-refractivity contribution in [2.45, 2.75) is 32.0 Å². The minimum Gasteiger partial charge on any atom is -0.489 e. The van der Waals surface area contributed by atoms with E-state index in [0.717, 1.165) is 36.1 Å². The second-order valence-corrected chi connectivity index (χ2v) is 6.43. The topological polar surface area (TPSA) is 29.5 Å². The summed E-state index contributed by atoms with van der Waals surface area (Å²) in [7, 11) is 0. The number of fused-ring (bicyclic) bond motifs is 1. The molecule has 1 atom stereocenters. The van der Waals surface area contributed by atoms with E-state index in [0.29, 0.717) is 6.61 Å². The predicted octanol–water partition coefficient (Wildman–Crippen LogP) is 4.24. The van der Waals surface area contributed by atoms with Gasteiger partial charge in [0, 0.05) is 3.57 Å². The number of aliphatic hydroxyl groups excluding tert-OH is 1. The van der Waals surface area contributed by atoms with Crippen LogP contribution in [0.1, 0.15) is 35.6 Å². The van der Waals surface area contributed by atoms with Gasteiger partial charge in [0.25, 0.3) is 0 Å². The van der Waals surface area contributed by atoms with Gasteiger partial charge in [0.2, 0.25) is 0 Å². The largest absolute Gasteiger partial charge is 0.489 e. The van der Waals surface area contributed by atoms with E-state index < -0.39 is 0 Å². The van der Waals surface area contributed by atoms with Gasteiger partial charge in [-0.05, 0) is 82.8 Å². The molecule has 0 aliphatic heterocycles. The molecule has 0 bridgehead atoms. The van der Waals surface area contributed by atoms with Crippen molar-refractivity contribution in [1.29, 1.82) is 0 Å². The summed E-state index contributed by atoms with van der Waals surface area (Å²) in [4.78, 5) is 0. The molecular formula is C17H17IO2. The molecule has 20 heavy (non-hydrogen) atoms. The minimum absolute atomic E-state index is 0.333. The van der Waals surface area contributed by atoms with Gasteiger partial charge in [0.05, 0.1) is 6.10 Å². The number of benzene rings is 2. The summed E-state index contributed by atoms with van der Waals surface area (Å²) in [5.74, 6) is 0.836. The van der Waals surface area contributed by atoms with Crippen molar-refractivity contribution in [2.24, 2.45) is 0 Å². The smallest absolute Gasteiger partial charge is 0.120 e. The summed E-state index contributed by atoms with van der Waals surface area (Å²) in [6, 6.07) is 14.4. The van der Waals surface area contributed by atoms with Crippen LogP contribution >= 0.6 is 22.6 Å². The third kappa shape index (κ3) is 3.15. The van der Waals surface area contributed by atoms with Gasteiger partial charge in [-0.2, -0.15) is 0 Å². The quantitative estimate of drug-likeness (QED) is 0.808. The molecule has 1 aliphatic carbocycles. The van der Waals surface area contributed by atoms with Gasteiger partial charge in [-0.1, -0.05) is 18.2 Å². The van der Waals surface area contributed by atoms with Gasteiger partial charge in [-0.25, -0.2) is 0 Å². The lowest BCUT2D eigenvalue weighted by Crippen LogP contribution is -2.09. The highest BCUT2D eigenvalue weighted by Gasteiger charge is 2.18. The van der Waals surface area contributed by atoms with Crippen LogP contribution in [0.3, 0.4) is 0 Å². The highest BCUT2D eigenvalue weighted by atomic mass is 127. The summed E-state index contributed by atoms with van der Waals surface area (Å²) in [6.45, 7) is 0.561. The number of hydrogen-bond acceptors (Lipinski definition) is 2. The molecule has 0 amide bonds. The fourth-order valence-corrected chi connectivity index (χ4v) is 2.95. The van der Waals surface area contributed by atoms with Crippen molar-refractivity contribution < 1.29 is 9.84 Å². The van der Waals surface area contributed by atoms with Crippen LogP contribution < -0.4 is 4.74 Å². The van der Waals surface area contributed by atoms with Crippen LogP contribution in [0.15, 0.2) is 42.5 Å². The highest BCUT2D eigenvalue weighted by Crippen LogP contribution is 2.32. The fraction of sp³-hybridized carbons (Fsp3) is 0.294. The predicted molar refractivity (Wildman–Crippen MR) is 87.8 cm³/mol. The zero-order chi connectivity index (χ0) is 13.9. The van der Waals surface area contributed by atoms with E-state index in [1.165, 1.54) is 9.13 Å². The molecule has 3 heteroatoms. The number of aliphatic hydroxyl groups is 1. The SMILES string of the molecule is O[C@@H]1CCCc2ccc(OCc3ccc(I)cc3)cc21. The average Bonchev–Trinajstić information content (AvgIpc) is 2.47. The van der Waals surface area contributed by atoms with Crippen LogP contribution in [-0.4, -0.2) is 5.11 Å². The molecular weight excluding hydrogens is 363 g/mol. The summed E-state index contributed by atoms with van der Waals surface area (Å²) in [5, 5.41) is 10.0. The van der Waals surface area contributed by atoms with E-state index in [1.54, 1.807) is 0 Å². The van der Waals surface area contributed by atoms with Crippen molar-refractivity contribution in [3.8, 4) is 5.75 Å². The first-order chi connectivity index (χ1) is 9.72. The van der Waals surface area contributed by atoms with Crippen LogP contribution in [0.2, 0.25) is 0 Å². The molecule has 2 nitrogen and oxygen atoms in total. The Hall–Kier alpha value is -1.07. The van der Waals surface area contributed by atoms with E-state index in [2.05, 4.69) is 52.9 Å². The second-order valence-electron chi connectivity index (χ2n) is 5.18. The van der Waals surface area contributed by atoms with Crippen molar-refractivity contribution in [2.75, 3.05) is 0 Å². The van der Waals surface area contributed by atoms with Crippen LogP contribution in [0, 0.1) is 3.57 Å². The average molecular weight is 380 g/mol. The van der Waals surface area contributed by atoms with Crippen molar-refractivity contribution in [1.82, 2.24) is 0 Å². The lowest BCUT2D eigenvalue weighted by molar-refractivity contribution is 0.156. The number of rotatable bonds is 3. The molecule has 0 saturated carbocycles. The van der Waals surface area contributed by atoms with E-state index in [9.17, 15) is 5.11 Å². The third-order valence-electron chi connectivity index (χ3n) is 3.72. The molecule has 2 aromatic carbocycles. The van der Waals surface area contributed by atoms with Crippen LogP contribution in [-0.2, 0) is 13.0 Å². The number of ether oxygens (including phenoxy) is 1. The molecule has 0 unspecified atom stereocenters. The Balaban J connectivity index is 1.72. The molecule has 0 aromatic heterocycles. The zero-order valence-corrected chi connectivity index (χ0v) is 13.3. The Morgan fingerprint density at radius 1 is 1.15 bits per heavy atom. The Bertz CT molecular complexity index is 592. The van der Waals surface area contributed by atoms with Gasteiger partial charge in [0.15, 0.2) is 0 Å². The fourth-order valence-electron chi connectivity index (χ4n) is 2.59. The summed E-state index contributed by atoms with van der Waals surface area (Å²) >= 11 is 2.29. The number of halogens is 1. The maximum absolute atomic E-state index is 10.0. The van der Waals surface area contributed by atoms with Crippen molar-refractivity contribution >= 4 is 22.6 Å². The minimum atomic E-state index is -0.333. The Morgan fingerprint density at radius 2 is 1.95 bits per heavy atom. The molecule has 0 heterocycles.